The summed E-state index contributed by atoms with van der Waals surface area (Å²) in [5.74, 6) is -0.206. The minimum atomic E-state index is -0.206. The number of hydrogen-bond donors (Lipinski definition) is 1. The Morgan fingerprint density at radius 3 is 2.94 bits per heavy atom. The van der Waals surface area contributed by atoms with Crippen LogP contribution in [-0.2, 0) is 11.2 Å². The predicted octanol–water partition coefficient (Wildman–Crippen LogP) is 3.15. The average molecular weight is 316 g/mol. The van der Waals surface area contributed by atoms with Crippen molar-refractivity contribution in [2.45, 2.75) is 19.8 Å². The van der Waals surface area contributed by atoms with Gasteiger partial charge in [-0.15, -0.1) is 0 Å². The third-order valence-electron chi connectivity index (χ3n) is 3.50. The van der Waals surface area contributed by atoms with Gasteiger partial charge in [-0.25, -0.2) is 4.39 Å². The molecule has 1 unspecified atom stereocenters. The smallest absolute Gasteiger partial charge is 0.137 e. The summed E-state index contributed by atoms with van der Waals surface area (Å²) in [7, 11) is 0. The predicted molar refractivity (Wildman–Crippen MR) is 74.2 cm³/mol. The molecule has 1 aromatic carbocycles. The Kier molecular flexibility index (Phi) is 4.76. The van der Waals surface area contributed by atoms with Crippen molar-refractivity contribution in [1.29, 1.82) is 0 Å². The molecule has 1 fully saturated rings. The maximum Gasteiger partial charge on any atom is 0.137 e. The Bertz CT molecular complexity index is 405. The number of halogens is 2. The highest BCUT2D eigenvalue weighted by Gasteiger charge is 2.34. The van der Waals surface area contributed by atoms with Gasteiger partial charge in [0.15, 0.2) is 0 Å². The topological polar surface area (TPSA) is 21.3 Å². The van der Waals surface area contributed by atoms with Crippen molar-refractivity contribution in [3.63, 3.8) is 0 Å². The van der Waals surface area contributed by atoms with Gasteiger partial charge in [0.05, 0.1) is 11.1 Å². The van der Waals surface area contributed by atoms with Crippen molar-refractivity contribution in [3.8, 4) is 0 Å². The molecule has 0 bridgehead atoms. The van der Waals surface area contributed by atoms with Gasteiger partial charge in [0.2, 0.25) is 0 Å². The van der Waals surface area contributed by atoms with Crippen LogP contribution >= 0.6 is 15.9 Å². The van der Waals surface area contributed by atoms with Crippen LogP contribution in [0.15, 0.2) is 22.7 Å². The maximum atomic E-state index is 13.2. The van der Waals surface area contributed by atoms with Crippen LogP contribution in [0.1, 0.15) is 18.9 Å². The molecule has 0 amide bonds. The van der Waals surface area contributed by atoms with Gasteiger partial charge in [-0.05, 0) is 53.0 Å². The van der Waals surface area contributed by atoms with Crippen LogP contribution in [-0.4, -0.2) is 26.3 Å². The van der Waals surface area contributed by atoms with E-state index >= 15 is 0 Å². The first-order valence-corrected chi connectivity index (χ1v) is 7.17. The van der Waals surface area contributed by atoms with Crippen molar-refractivity contribution in [3.05, 3.63) is 34.1 Å². The molecule has 0 radical (unpaired) electrons. The van der Waals surface area contributed by atoms with Crippen LogP contribution < -0.4 is 5.32 Å². The fraction of sp³-hybridized carbons (Fsp3) is 0.571. The SMILES string of the molecule is CCNCC1(Cc2ccc(F)c(Br)c2)CCOC1. The molecular weight excluding hydrogens is 297 g/mol. The molecule has 1 aliphatic rings. The van der Waals surface area contributed by atoms with Crippen molar-refractivity contribution in [1.82, 2.24) is 5.32 Å². The highest BCUT2D eigenvalue weighted by molar-refractivity contribution is 9.10. The molecule has 0 aromatic heterocycles. The molecule has 1 aromatic rings. The largest absolute Gasteiger partial charge is 0.381 e. The lowest BCUT2D eigenvalue weighted by molar-refractivity contribution is 0.149. The Balaban J connectivity index is 2.10. The molecule has 0 saturated carbocycles. The monoisotopic (exact) mass is 315 g/mol. The molecular formula is C14H19BrFNO. The molecule has 1 atom stereocenters. The van der Waals surface area contributed by atoms with Gasteiger partial charge in [-0.3, -0.25) is 0 Å². The van der Waals surface area contributed by atoms with E-state index in [1.165, 1.54) is 6.07 Å². The van der Waals surface area contributed by atoms with E-state index in [1.54, 1.807) is 0 Å². The highest BCUT2D eigenvalue weighted by Crippen LogP contribution is 2.33. The summed E-state index contributed by atoms with van der Waals surface area (Å²) in [6.07, 6.45) is 1.99. The van der Waals surface area contributed by atoms with E-state index in [0.29, 0.717) is 4.47 Å². The Morgan fingerprint density at radius 1 is 1.50 bits per heavy atom. The van der Waals surface area contributed by atoms with Crippen molar-refractivity contribution >= 4 is 15.9 Å². The second kappa shape index (κ2) is 6.13. The molecule has 1 aliphatic heterocycles. The van der Waals surface area contributed by atoms with Gasteiger partial charge < -0.3 is 10.1 Å². The van der Waals surface area contributed by atoms with Crippen molar-refractivity contribution < 1.29 is 9.13 Å². The van der Waals surface area contributed by atoms with Crippen molar-refractivity contribution in [2.75, 3.05) is 26.3 Å². The number of nitrogens with one attached hydrogen (secondary N) is 1. The highest BCUT2D eigenvalue weighted by atomic mass is 79.9. The molecule has 18 heavy (non-hydrogen) atoms. The van der Waals surface area contributed by atoms with Gasteiger partial charge in [-0.1, -0.05) is 13.0 Å². The minimum Gasteiger partial charge on any atom is -0.381 e. The lowest BCUT2D eigenvalue weighted by Gasteiger charge is -2.28. The summed E-state index contributed by atoms with van der Waals surface area (Å²) in [5.41, 5.74) is 1.32. The zero-order valence-corrected chi connectivity index (χ0v) is 12.2. The second-order valence-electron chi connectivity index (χ2n) is 5.01. The number of rotatable bonds is 5. The van der Waals surface area contributed by atoms with Gasteiger partial charge in [0, 0.05) is 18.6 Å². The van der Waals surface area contributed by atoms with Crippen LogP contribution in [0.5, 0.6) is 0 Å². The van der Waals surface area contributed by atoms with E-state index in [0.717, 1.165) is 44.7 Å². The molecule has 2 rings (SSSR count). The molecule has 0 aliphatic carbocycles. The summed E-state index contributed by atoms with van der Waals surface area (Å²) >= 11 is 3.24. The first-order valence-electron chi connectivity index (χ1n) is 6.38. The quantitative estimate of drug-likeness (QED) is 0.901. The number of hydrogen-bond acceptors (Lipinski definition) is 2. The van der Waals surface area contributed by atoms with Crippen LogP contribution in [0.2, 0.25) is 0 Å². The van der Waals surface area contributed by atoms with Gasteiger partial charge in [0.1, 0.15) is 5.82 Å². The molecule has 0 spiro atoms. The first kappa shape index (κ1) is 14.0. The van der Waals surface area contributed by atoms with E-state index < -0.39 is 0 Å². The van der Waals surface area contributed by atoms with E-state index in [4.69, 9.17) is 4.74 Å². The second-order valence-corrected chi connectivity index (χ2v) is 5.86. The fourth-order valence-electron chi connectivity index (χ4n) is 2.46. The molecule has 2 nitrogen and oxygen atoms in total. The van der Waals surface area contributed by atoms with E-state index in [9.17, 15) is 4.39 Å². The summed E-state index contributed by atoms with van der Waals surface area (Å²) < 4.78 is 19.3. The molecule has 1 heterocycles. The van der Waals surface area contributed by atoms with Gasteiger partial charge in [-0.2, -0.15) is 0 Å². The lowest BCUT2D eigenvalue weighted by Crippen LogP contribution is -2.36. The zero-order chi connectivity index (χ0) is 13.0. The van der Waals surface area contributed by atoms with Crippen LogP contribution in [0.3, 0.4) is 0 Å². The van der Waals surface area contributed by atoms with Crippen LogP contribution in [0.25, 0.3) is 0 Å². The molecule has 100 valence electrons. The lowest BCUT2D eigenvalue weighted by atomic mass is 9.81. The standard InChI is InChI=1S/C14H19BrFNO/c1-2-17-9-14(5-6-18-10-14)8-11-3-4-13(16)12(15)7-11/h3-4,7,17H,2,5-6,8-10H2,1H3. The third kappa shape index (κ3) is 3.31. The van der Waals surface area contributed by atoms with Crippen LogP contribution in [0, 0.1) is 11.2 Å². The zero-order valence-electron chi connectivity index (χ0n) is 10.6. The number of benzene rings is 1. The summed E-state index contributed by atoms with van der Waals surface area (Å²) in [5, 5.41) is 3.41. The normalized spacial score (nSPS) is 23.5. The van der Waals surface area contributed by atoms with E-state index in [2.05, 4.69) is 28.2 Å². The van der Waals surface area contributed by atoms with Crippen LogP contribution in [0.4, 0.5) is 4.39 Å². The first-order chi connectivity index (χ1) is 8.65. The van der Waals surface area contributed by atoms with E-state index in [-0.39, 0.29) is 11.2 Å². The Labute approximate surface area is 116 Å². The summed E-state index contributed by atoms with van der Waals surface area (Å²) in [4.78, 5) is 0. The van der Waals surface area contributed by atoms with Crippen molar-refractivity contribution in [2.24, 2.45) is 5.41 Å². The van der Waals surface area contributed by atoms with Gasteiger partial charge in [0.25, 0.3) is 0 Å². The molecule has 1 saturated heterocycles. The summed E-state index contributed by atoms with van der Waals surface area (Å²) in [6.45, 7) is 5.65. The average Bonchev–Trinajstić information content (AvgIpc) is 2.80. The minimum absolute atomic E-state index is 0.160. The number of ether oxygens (including phenoxy) is 1. The Hall–Kier alpha value is -0.450. The fourth-order valence-corrected chi connectivity index (χ4v) is 2.89. The maximum absolute atomic E-state index is 13.2. The third-order valence-corrected chi connectivity index (χ3v) is 4.11. The van der Waals surface area contributed by atoms with E-state index in [1.807, 2.05) is 12.1 Å². The van der Waals surface area contributed by atoms with Gasteiger partial charge >= 0.3 is 0 Å². The molecule has 1 N–H and O–H groups in total. The summed E-state index contributed by atoms with van der Waals surface area (Å²) in [6, 6.07) is 5.27. The Morgan fingerprint density at radius 2 is 2.33 bits per heavy atom. The molecule has 4 heteroatoms.